The van der Waals surface area contributed by atoms with Gasteiger partial charge in [-0.25, -0.2) is 14.4 Å². The summed E-state index contributed by atoms with van der Waals surface area (Å²) in [5.74, 6) is 0.0342. The largest absolute Gasteiger partial charge is 0.350 e. The Kier molecular flexibility index (Phi) is 3.85. The molecule has 1 aromatic heterocycles. The monoisotopic (exact) mass is 306 g/mol. The second kappa shape index (κ2) is 5.56. The molecule has 0 aliphatic carbocycles. The Balaban J connectivity index is 2.11. The minimum Gasteiger partial charge on any atom is -0.350 e. The van der Waals surface area contributed by atoms with Crippen LogP contribution < -0.4 is 5.32 Å². The van der Waals surface area contributed by atoms with Gasteiger partial charge in [-0.2, -0.15) is 5.26 Å². The molecular formula is C12H8BrFN4. The fourth-order valence-electron chi connectivity index (χ4n) is 1.36. The molecule has 1 heterocycles. The molecule has 1 aromatic carbocycles. The van der Waals surface area contributed by atoms with E-state index in [0.717, 1.165) is 10.0 Å². The summed E-state index contributed by atoms with van der Waals surface area (Å²) in [6.07, 6.45) is 1.49. The van der Waals surface area contributed by atoms with Gasteiger partial charge in [0.25, 0.3) is 0 Å². The lowest BCUT2D eigenvalue weighted by atomic mass is 10.2. The van der Waals surface area contributed by atoms with Gasteiger partial charge in [-0.15, -0.1) is 0 Å². The van der Waals surface area contributed by atoms with Crippen molar-refractivity contribution >= 4 is 21.9 Å². The quantitative estimate of drug-likeness (QED) is 0.947. The van der Waals surface area contributed by atoms with Gasteiger partial charge >= 0.3 is 0 Å². The highest BCUT2D eigenvalue weighted by atomic mass is 79.9. The van der Waals surface area contributed by atoms with Crippen LogP contribution in [0.2, 0.25) is 0 Å². The highest BCUT2D eigenvalue weighted by Crippen LogP contribution is 2.18. The summed E-state index contributed by atoms with van der Waals surface area (Å²) in [7, 11) is 0. The molecule has 0 saturated carbocycles. The van der Waals surface area contributed by atoms with E-state index >= 15 is 0 Å². The number of nitrogens with zero attached hydrogens (tertiary/aromatic N) is 3. The van der Waals surface area contributed by atoms with Crippen LogP contribution in [0.5, 0.6) is 0 Å². The third-order valence-corrected chi connectivity index (χ3v) is 2.99. The van der Waals surface area contributed by atoms with E-state index in [-0.39, 0.29) is 11.5 Å². The average molecular weight is 307 g/mol. The fourth-order valence-corrected chi connectivity index (χ4v) is 1.75. The maximum atomic E-state index is 13.1. The van der Waals surface area contributed by atoms with Crippen molar-refractivity contribution in [1.82, 2.24) is 9.97 Å². The zero-order chi connectivity index (χ0) is 13.0. The van der Waals surface area contributed by atoms with E-state index in [1.54, 1.807) is 6.07 Å². The standard InChI is InChI=1S/C12H8BrFN4/c13-11-2-1-9(14)5-8(11)7-17-12-16-4-3-10(6-15)18-12/h1-5H,7H2,(H,16,17,18). The Morgan fingerprint density at radius 2 is 2.22 bits per heavy atom. The van der Waals surface area contributed by atoms with Crippen molar-refractivity contribution < 1.29 is 4.39 Å². The van der Waals surface area contributed by atoms with Gasteiger partial charge in [-0.1, -0.05) is 15.9 Å². The van der Waals surface area contributed by atoms with E-state index < -0.39 is 0 Å². The zero-order valence-electron chi connectivity index (χ0n) is 9.19. The van der Waals surface area contributed by atoms with Gasteiger partial charge in [-0.3, -0.25) is 0 Å². The van der Waals surface area contributed by atoms with Gasteiger partial charge in [0.05, 0.1) is 0 Å². The van der Waals surface area contributed by atoms with Gasteiger partial charge in [0.2, 0.25) is 5.95 Å². The second-order valence-corrected chi connectivity index (χ2v) is 4.32. The van der Waals surface area contributed by atoms with Crippen molar-refractivity contribution in [2.24, 2.45) is 0 Å². The number of anilines is 1. The summed E-state index contributed by atoms with van der Waals surface area (Å²) in [5, 5.41) is 11.6. The molecule has 6 heteroatoms. The van der Waals surface area contributed by atoms with E-state index in [2.05, 4.69) is 31.2 Å². The number of nitrogens with one attached hydrogen (secondary N) is 1. The number of hydrogen-bond acceptors (Lipinski definition) is 4. The third kappa shape index (κ3) is 3.02. The van der Waals surface area contributed by atoms with Crippen molar-refractivity contribution in [3.05, 3.63) is 52.0 Å². The molecule has 90 valence electrons. The molecule has 18 heavy (non-hydrogen) atoms. The van der Waals surface area contributed by atoms with Crippen LogP contribution in [0.15, 0.2) is 34.9 Å². The fraction of sp³-hybridized carbons (Fsp3) is 0.0833. The molecule has 0 aliphatic rings. The first-order chi connectivity index (χ1) is 8.69. The van der Waals surface area contributed by atoms with Gasteiger partial charge in [-0.05, 0) is 29.8 Å². The summed E-state index contributed by atoms with van der Waals surface area (Å²) >= 11 is 3.33. The summed E-state index contributed by atoms with van der Waals surface area (Å²) in [5.41, 5.74) is 1.03. The predicted molar refractivity (Wildman–Crippen MR) is 68.2 cm³/mol. The van der Waals surface area contributed by atoms with Gasteiger partial charge in [0.15, 0.2) is 0 Å². The van der Waals surface area contributed by atoms with Crippen molar-refractivity contribution in [2.75, 3.05) is 5.32 Å². The average Bonchev–Trinajstić information content (AvgIpc) is 2.40. The Labute approximate surface area is 112 Å². The SMILES string of the molecule is N#Cc1ccnc(NCc2cc(F)ccc2Br)n1. The number of nitriles is 1. The molecule has 2 aromatic rings. The van der Waals surface area contributed by atoms with E-state index in [1.807, 2.05) is 6.07 Å². The highest BCUT2D eigenvalue weighted by molar-refractivity contribution is 9.10. The van der Waals surface area contributed by atoms with Crippen molar-refractivity contribution in [3.63, 3.8) is 0 Å². The lowest BCUT2D eigenvalue weighted by Crippen LogP contribution is -2.05. The molecule has 0 saturated heterocycles. The molecule has 0 atom stereocenters. The van der Waals surface area contributed by atoms with Crippen LogP contribution in [0.4, 0.5) is 10.3 Å². The minimum atomic E-state index is -0.304. The smallest absolute Gasteiger partial charge is 0.224 e. The van der Waals surface area contributed by atoms with Crippen molar-refractivity contribution in [2.45, 2.75) is 6.54 Å². The molecule has 0 aliphatic heterocycles. The summed E-state index contributed by atoms with van der Waals surface area (Å²) in [6.45, 7) is 0.368. The second-order valence-electron chi connectivity index (χ2n) is 3.47. The van der Waals surface area contributed by atoms with Crippen LogP contribution in [0.1, 0.15) is 11.3 Å². The first-order valence-corrected chi connectivity index (χ1v) is 5.89. The number of halogens is 2. The molecule has 0 amide bonds. The topological polar surface area (TPSA) is 61.6 Å². The molecule has 0 bridgehead atoms. The molecule has 1 N–H and O–H groups in total. The maximum Gasteiger partial charge on any atom is 0.224 e. The van der Waals surface area contributed by atoms with Crippen LogP contribution >= 0.6 is 15.9 Å². The molecule has 0 spiro atoms. The predicted octanol–water partition coefficient (Wildman–Crippen LogP) is 2.86. The minimum absolute atomic E-state index is 0.283. The van der Waals surface area contributed by atoms with E-state index in [4.69, 9.17) is 5.26 Å². The normalized spacial score (nSPS) is 9.83. The van der Waals surface area contributed by atoms with Gasteiger partial charge in [0, 0.05) is 17.2 Å². The number of benzene rings is 1. The zero-order valence-corrected chi connectivity index (χ0v) is 10.8. The molecular weight excluding hydrogens is 299 g/mol. The third-order valence-electron chi connectivity index (χ3n) is 2.21. The van der Waals surface area contributed by atoms with Crippen LogP contribution in [0.3, 0.4) is 0 Å². The number of aromatic nitrogens is 2. The molecule has 0 radical (unpaired) electrons. The molecule has 4 nitrogen and oxygen atoms in total. The number of rotatable bonds is 3. The number of hydrogen-bond donors (Lipinski definition) is 1. The lowest BCUT2D eigenvalue weighted by molar-refractivity contribution is 0.625. The molecule has 0 unspecified atom stereocenters. The first-order valence-electron chi connectivity index (χ1n) is 5.10. The highest BCUT2D eigenvalue weighted by Gasteiger charge is 2.03. The van der Waals surface area contributed by atoms with Crippen LogP contribution in [-0.2, 0) is 6.54 Å². The Morgan fingerprint density at radius 1 is 1.39 bits per heavy atom. The van der Waals surface area contributed by atoms with E-state index in [1.165, 1.54) is 24.4 Å². The Morgan fingerprint density at radius 3 is 3.00 bits per heavy atom. The molecule has 0 fully saturated rings. The van der Waals surface area contributed by atoms with Crippen molar-refractivity contribution in [3.8, 4) is 6.07 Å². The van der Waals surface area contributed by atoms with E-state index in [0.29, 0.717) is 12.5 Å². The maximum absolute atomic E-state index is 13.1. The van der Waals surface area contributed by atoms with E-state index in [9.17, 15) is 4.39 Å². The summed E-state index contributed by atoms with van der Waals surface area (Å²) in [6, 6.07) is 7.88. The van der Waals surface area contributed by atoms with Crippen molar-refractivity contribution in [1.29, 1.82) is 5.26 Å². The van der Waals surface area contributed by atoms with Gasteiger partial charge < -0.3 is 5.32 Å². The van der Waals surface area contributed by atoms with Crippen LogP contribution in [0, 0.1) is 17.1 Å². The summed E-state index contributed by atoms with van der Waals surface area (Å²) < 4.78 is 13.9. The first kappa shape index (κ1) is 12.5. The Bertz CT molecular complexity index is 609. The lowest BCUT2D eigenvalue weighted by Gasteiger charge is -2.06. The summed E-state index contributed by atoms with van der Waals surface area (Å²) in [4.78, 5) is 7.94. The molecule has 2 rings (SSSR count). The van der Waals surface area contributed by atoms with Crippen LogP contribution in [0.25, 0.3) is 0 Å². The van der Waals surface area contributed by atoms with Crippen LogP contribution in [-0.4, -0.2) is 9.97 Å². The van der Waals surface area contributed by atoms with Gasteiger partial charge in [0.1, 0.15) is 17.6 Å². The Hall–Kier alpha value is -2.00.